The molecule has 0 bridgehead atoms. The minimum atomic E-state index is -0.536. The Hall–Kier alpha value is -3.49. The number of fused-ring (bicyclic) bond motifs is 1. The molecular weight excluding hydrogens is 351 g/mol. The number of hydrogen-bond donors (Lipinski definition) is 1. The van der Waals surface area contributed by atoms with Crippen molar-refractivity contribution < 1.29 is 14.0 Å². The van der Waals surface area contributed by atoms with Crippen LogP contribution in [0, 0.1) is 5.82 Å². The third-order valence-corrected chi connectivity index (χ3v) is 4.48. The second-order valence-corrected chi connectivity index (χ2v) is 6.17. The van der Waals surface area contributed by atoms with Crippen molar-refractivity contribution in [2.75, 3.05) is 31.5 Å². The summed E-state index contributed by atoms with van der Waals surface area (Å²) in [5, 5.41) is 6.84. The second kappa shape index (κ2) is 7.02. The maximum atomic E-state index is 13.8. The van der Waals surface area contributed by atoms with Gasteiger partial charge in [0.2, 0.25) is 0 Å². The lowest BCUT2D eigenvalue weighted by Crippen LogP contribution is -2.51. The molecule has 2 aromatic heterocycles. The Morgan fingerprint density at radius 2 is 1.74 bits per heavy atom. The van der Waals surface area contributed by atoms with E-state index in [1.807, 2.05) is 0 Å². The summed E-state index contributed by atoms with van der Waals surface area (Å²) in [5.74, 6) is -0.893. The van der Waals surface area contributed by atoms with Crippen LogP contribution in [0.15, 0.2) is 48.9 Å². The summed E-state index contributed by atoms with van der Waals surface area (Å²) in [6.45, 7) is 1.45. The number of benzene rings is 1. The first-order chi connectivity index (χ1) is 13.1. The van der Waals surface area contributed by atoms with Crippen LogP contribution in [0.3, 0.4) is 0 Å². The number of urea groups is 1. The van der Waals surface area contributed by atoms with Gasteiger partial charge in [-0.25, -0.2) is 18.7 Å². The number of carbonyl (C=O) groups is 2. The van der Waals surface area contributed by atoms with Crippen LogP contribution < -0.4 is 5.32 Å². The Kier molecular flexibility index (Phi) is 4.41. The first kappa shape index (κ1) is 17.0. The monoisotopic (exact) mass is 368 g/mol. The SMILES string of the molecule is O=C(Nc1ccc2ncnn2c1)N1CCN(C(=O)c2ccccc2F)CC1. The lowest BCUT2D eigenvalue weighted by molar-refractivity contribution is 0.0667. The molecule has 3 aromatic rings. The largest absolute Gasteiger partial charge is 0.335 e. The molecule has 0 saturated carbocycles. The van der Waals surface area contributed by atoms with Gasteiger partial charge in [0, 0.05) is 26.2 Å². The Morgan fingerprint density at radius 3 is 2.52 bits per heavy atom. The van der Waals surface area contributed by atoms with Gasteiger partial charge in [0.15, 0.2) is 5.65 Å². The van der Waals surface area contributed by atoms with E-state index in [4.69, 9.17) is 0 Å². The predicted octanol–water partition coefficient (Wildman–Crippen LogP) is 1.86. The molecule has 3 heterocycles. The average molecular weight is 368 g/mol. The molecule has 1 aliphatic heterocycles. The van der Waals surface area contributed by atoms with Crippen molar-refractivity contribution in [1.29, 1.82) is 0 Å². The number of halogens is 1. The van der Waals surface area contributed by atoms with E-state index in [0.717, 1.165) is 0 Å². The van der Waals surface area contributed by atoms with E-state index in [1.165, 1.54) is 18.5 Å². The molecule has 9 heteroatoms. The fraction of sp³-hybridized carbons (Fsp3) is 0.222. The van der Waals surface area contributed by atoms with Crippen LogP contribution in [0.5, 0.6) is 0 Å². The number of piperazine rings is 1. The van der Waals surface area contributed by atoms with Gasteiger partial charge in [0.25, 0.3) is 5.91 Å². The van der Waals surface area contributed by atoms with Crippen molar-refractivity contribution in [2.45, 2.75) is 0 Å². The number of rotatable bonds is 2. The molecule has 1 fully saturated rings. The van der Waals surface area contributed by atoms with E-state index >= 15 is 0 Å². The molecule has 3 amide bonds. The van der Waals surface area contributed by atoms with Crippen molar-refractivity contribution in [3.8, 4) is 0 Å². The number of amides is 3. The van der Waals surface area contributed by atoms with Crippen LogP contribution in [-0.2, 0) is 0 Å². The van der Waals surface area contributed by atoms with Gasteiger partial charge >= 0.3 is 6.03 Å². The molecule has 0 radical (unpaired) electrons. The highest BCUT2D eigenvalue weighted by Gasteiger charge is 2.26. The molecule has 1 aliphatic rings. The van der Waals surface area contributed by atoms with Crippen molar-refractivity contribution in [1.82, 2.24) is 24.4 Å². The standard InChI is InChI=1S/C18H17FN6O2/c19-15-4-2-1-3-14(15)17(26)23-7-9-24(10-8-23)18(27)22-13-5-6-16-20-12-21-25(16)11-13/h1-6,11-12H,7-10H2,(H,22,27). The average Bonchev–Trinajstić information content (AvgIpc) is 3.16. The summed E-state index contributed by atoms with van der Waals surface area (Å²) in [6, 6.07) is 9.16. The van der Waals surface area contributed by atoms with Crippen LogP contribution in [0.2, 0.25) is 0 Å². The topological polar surface area (TPSA) is 82.8 Å². The summed E-state index contributed by atoms with van der Waals surface area (Å²) >= 11 is 0. The van der Waals surface area contributed by atoms with Crippen molar-refractivity contribution in [2.24, 2.45) is 0 Å². The van der Waals surface area contributed by atoms with Gasteiger partial charge in [0.1, 0.15) is 12.1 Å². The van der Waals surface area contributed by atoms with Gasteiger partial charge in [-0.1, -0.05) is 12.1 Å². The molecule has 0 aliphatic carbocycles. The molecule has 1 saturated heterocycles. The van der Waals surface area contributed by atoms with Crippen LogP contribution in [0.4, 0.5) is 14.9 Å². The molecule has 4 rings (SSSR count). The maximum Gasteiger partial charge on any atom is 0.322 e. The summed E-state index contributed by atoms with van der Waals surface area (Å²) in [4.78, 5) is 32.1. The van der Waals surface area contributed by atoms with Gasteiger partial charge < -0.3 is 15.1 Å². The Bertz CT molecular complexity index is 996. The smallest absolute Gasteiger partial charge is 0.322 e. The molecule has 1 aromatic carbocycles. The van der Waals surface area contributed by atoms with Crippen molar-refractivity contribution in [3.63, 3.8) is 0 Å². The molecule has 0 atom stereocenters. The van der Waals surface area contributed by atoms with Gasteiger partial charge in [0.05, 0.1) is 17.4 Å². The third kappa shape index (κ3) is 3.43. The second-order valence-electron chi connectivity index (χ2n) is 6.17. The lowest BCUT2D eigenvalue weighted by Gasteiger charge is -2.34. The number of aromatic nitrogens is 3. The van der Waals surface area contributed by atoms with E-state index < -0.39 is 5.82 Å². The highest BCUT2D eigenvalue weighted by atomic mass is 19.1. The van der Waals surface area contributed by atoms with Crippen LogP contribution in [0.1, 0.15) is 10.4 Å². The number of carbonyl (C=O) groups excluding carboxylic acids is 2. The molecule has 27 heavy (non-hydrogen) atoms. The zero-order valence-electron chi connectivity index (χ0n) is 14.4. The van der Waals surface area contributed by atoms with Gasteiger partial charge in [-0.05, 0) is 24.3 Å². The molecule has 8 nitrogen and oxygen atoms in total. The van der Waals surface area contributed by atoms with E-state index in [0.29, 0.717) is 37.5 Å². The van der Waals surface area contributed by atoms with E-state index in [-0.39, 0.29) is 17.5 Å². The fourth-order valence-corrected chi connectivity index (χ4v) is 3.01. The number of pyridine rings is 1. The van der Waals surface area contributed by atoms with E-state index in [1.54, 1.807) is 44.8 Å². The third-order valence-electron chi connectivity index (χ3n) is 4.48. The fourth-order valence-electron chi connectivity index (χ4n) is 3.01. The van der Waals surface area contributed by atoms with Crippen molar-refractivity contribution >= 4 is 23.3 Å². The van der Waals surface area contributed by atoms with Gasteiger partial charge in [-0.2, -0.15) is 5.10 Å². The zero-order chi connectivity index (χ0) is 18.8. The molecule has 1 N–H and O–H groups in total. The number of hydrogen-bond acceptors (Lipinski definition) is 4. The molecule has 138 valence electrons. The quantitative estimate of drug-likeness (QED) is 0.748. The minimum Gasteiger partial charge on any atom is -0.335 e. The number of nitrogens with one attached hydrogen (secondary N) is 1. The van der Waals surface area contributed by atoms with Crippen LogP contribution in [-0.4, -0.2) is 62.5 Å². The maximum absolute atomic E-state index is 13.8. The van der Waals surface area contributed by atoms with Crippen LogP contribution in [0.25, 0.3) is 5.65 Å². The molecular formula is C18H17FN6O2. The number of anilines is 1. The Balaban J connectivity index is 1.36. The van der Waals surface area contributed by atoms with E-state index in [2.05, 4.69) is 15.4 Å². The van der Waals surface area contributed by atoms with E-state index in [9.17, 15) is 14.0 Å². The zero-order valence-corrected chi connectivity index (χ0v) is 14.4. The first-order valence-electron chi connectivity index (χ1n) is 8.51. The van der Waals surface area contributed by atoms with Gasteiger partial charge in [-0.3, -0.25) is 4.79 Å². The van der Waals surface area contributed by atoms with Crippen LogP contribution >= 0.6 is 0 Å². The summed E-state index contributed by atoms with van der Waals surface area (Å²) in [6.07, 6.45) is 3.12. The first-order valence-corrected chi connectivity index (χ1v) is 8.51. The van der Waals surface area contributed by atoms with Gasteiger partial charge in [-0.15, -0.1) is 0 Å². The number of nitrogens with zero attached hydrogens (tertiary/aromatic N) is 5. The predicted molar refractivity (Wildman–Crippen MR) is 95.9 cm³/mol. The Morgan fingerprint density at radius 1 is 1.00 bits per heavy atom. The highest BCUT2D eigenvalue weighted by Crippen LogP contribution is 2.14. The summed E-state index contributed by atoms with van der Waals surface area (Å²) < 4.78 is 15.4. The molecule has 0 spiro atoms. The summed E-state index contributed by atoms with van der Waals surface area (Å²) in [7, 11) is 0. The summed E-state index contributed by atoms with van der Waals surface area (Å²) in [5.41, 5.74) is 1.34. The minimum absolute atomic E-state index is 0.0523. The highest BCUT2D eigenvalue weighted by molar-refractivity contribution is 5.95. The Labute approximate surface area is 154 Å². The normalized spacial score (nSPS) is 14.4. The lowest BCUT2D eigenvalue weighted by atomic mass is 10.1. The molecule has 0 unspecified atom stereocenters. The van der Waals surface area contributed by atoms with Crippen molar-refractivity contribution in [3.05, 3.63) is 60.3 Å².